The molecule has 0 aliphatic rings. The average molecular weight is 768 g/mol. The number of hydrogen-bond acceptors (Lipinski definition) is 4. The minimum atomic E-state index is -4.57. The molecular weight excluding hydrogens is 733 g/mol. The van der Waals surface area contributed by atoms with Crippen LogP contribution < -0.4 is 4.90 Å². The monoisotopic (exact) mass is 770 g/mol. The van der Waals surface area contributed by atoms with Crippen molar-refractivity contribution < 1.29 is 13.2 Å². The van der Waals surface area contributed by atoms with Crippen molar-refractivity contribution in [2.75, 3.05) is 4.90 Å². The van der Waals surface area contributed by atoms with Gasteiger partial charge in [0.15, 0.2) is 0 Å². The van der Waals surface area contributed by atoms with Crippen molar-refractivity contribution in [3.05, 3.63) is 129 Å². The van der Waals surface area contributed by atoms with E-state index in [2.05, 4.69) is 117 Å². The van der Waals surface area contributed by atoms with Gasteiger partial charge in [0.25, 0.3) is 0 Å². The summed E-state index contributed by atoms with van der Waals surface area (Å²) in [4.78, 5) is 15.9. The molecule has 0 fully saturated rings. The number of alkyl halides is 3. The molecule has 0 atom stereocenters. The van der Waals surface area contributed by atoms with E-state index in [4.69, 9.17) is 4.98 Å². The number of pyridine rings is 1. The summed E-state index contributed by atoms with van der Waals surface area (Å²) in [6.45, 7) is 13.0. The fourth-order valence-corrected chi connectivity index (χ4v) is 9.46. The van der Waals surface area contributed by atoms with Crippen molar-refractivity contribution in [2.24, 2.45) is 0 Å². The maximum atomic E-state index is 14.6. The summed E-state index contributed by atoms with van der Waals surface area (Å²) >= 11 is -0.990. The molecule has 0 aliphatic heterocycles. The van der Waals surface area contributed by atoms with Gasteiger partial charge in [-0.3, -0.25) is 0 Å². The number of aryl methyl sites for hydroxylation is 3. The van der Waals surface area contributed by atoms with E-state index < -0.39 is 32.2 Å². The van der Waals surface area contributed by atoms with Gasteiger partial charge in [0.1, 0.15) is 0 Å². The molecule has 8 heteroatoms. The molecule has 0 aliphatic carbocycles. The normalized spacial score (nSPS) is 12.2. The second-order valence-electron chi connectivity index (χ2n) is 13.4. The first kappa shape index (κ1) is 33.0. The van der Waals surface area contributed by atoms with Gasteiger partial charge in [0, 0.05) is 0 Å². The van der Waals surface area contributed by atoms with E-state index in [1.807, 2.05) is 12.3 Å². The predicted octanol–water partition coefficient (Wildman–Crippen LogP) is 11.3. The Morgan fingerprint density at radius 1 is 0.714 bits per heavy atom. The maximum absolute atomic E-state index is 14.6. The van der Waals surface area contributed by atoms with Gasteiger partial charge in [-0.05, 0) is 0 Å². The third kappa shape index (κ3) is 6.13. The molecule has 49 heavy (non-hydrogen) atoms. The summed E-state index contributed by atoms with van der Waals surface area (Å²) in [5.74, 6) is 0. The van der Waals surface area contributed by atoms with Crippen LogP contribution in [0.1, 0.15) is 46.6 Å². The van der Waals surface area contributed by atoms with Crippen molar-refractivity contribution in [3.63, 3.8) is 0 Å². The molecule has 7 aromatic rings. The van der Waals surface area contributed by atoms with Crippen molar-refractivity contribution >= 4 is 59.2 Å². The first-order valence-electron chi connectivity index (χ1n) is 16.1. The molecule has 0 radical (unpaired) electrons. The van der Waals surface area contributed by atoms with Gasteiger partial charge in [-0.1, -0.05) is 0 Å². The third-order valence-electron chi connectivity index (χ3n) is 8.99. The zero-order valence-corrected chi connectivity index (χ0v) is 30.5. The van der Waals surface area contributed by atoms with E-state index in [0.29, 0.717) is 16.5 Å². The van der Waals surface area contributed by atoms with E-state index >= 15 is 0 Å². The van der Waals surface area contributed by atoms with Gasteiger partial charge in [0.05, 0.1) is 0 Å². The number of anilines is 3. The van der Waals surface area contributed by atoms with Gasteiger partial charge in [-0.25, -0.2) is 0 Å². The summed E-state index contributed by atoms with van der Waals surface area (Å²) < 4.78 is 45.9. The van der Waals surface area contributed by atoms with Crippen molar-refractivity contribution in [1.29, 1.82) is 0 Å². The van der Waals surface area contributed by atoms with Crippen LogP contribution in [0.5, 0.6) is 0 Å². The number of halogens is 3. The molecule has 0 bridgehead atoms. The SMILES string of the molecule is Cc1cccc(C)c1N(c1cccc(-c2cc(C(C)(C)C)ccn2)c1)c1cc(-c2ncnc3c(C(F)(F)F)c4ccccc4cc23)[te]c1C. The Labute approximate surface area is 293 Å². The summed E-state index contributed by atoms with van der Waals surface area (Å²) in [5, 5.41) is 1.08. The van der Waals surface area contributed by atoms with Crippen LogP contribution in [-0.2, 0) is 11.6 Å². The van der Waals surface area contributed by atoms with Crippen molar-refractivity contribution in [3.8, 4) is 20.5 Å². The second-order valence-corrected chi connectivity index (χ2v) is 17.0. The number of para-hydroxylation sites is 1. The number of benzene rings is 4. The van der Waals surface area contributed by atoms with E-state index in [9.17, 15) is 13.2 Å². The Kier molecular flexibility index (Phi) is 8.37. The molecule has 246 valence electrons. The second kappa shape index (κ2) is 12.4. The minimum absolute atomic E-state index is 0.0186. The Morgan fingerprint density at radius 2 is 1.45 bits per heavy atom. The summed E-state index contributed by atoms with van der Waals surface area (Å²) in [6.07, 6.45) is -1.43. The fourth-order valence-electron chi connectivity index (χ4n) is 6.57. The van der Waals surface area contributed by atoms with Crippen LogP contribution in [0, 0.1) is 20.8 Å². The summed E-state index contributed by atoms with van der Waals surface area (Å²) in [7, 11) is 0. The number of hydrogen-bond donors (Lipinski definition) is 0. The van der Waals surface area contributed by atoms with Gasteiger partial charge < -0.3 is 0 Å². The van der Waals surface area contributed by atoms with E-state index in [-0.39, 0.29) is 16.3 Å². The van der Waals surface area contributed by atoms with Gasteiger partial charge in [-0.15, -0.1) is 0 Å². The summed E-state index contributed by atoms with van der Waals surface area (Å²) in [5.41, 5.74) is 8.20. The van der Waals surface area contributed by atoms with Crippen LogP contribution in [0.15, 0.2) is 104 Å². The van der Waals surface area contributed by atoms with Crippen LogP contribution in [0.2, 0.25) is 0 Å². The molecule has 0 unspecified atom stereocenters. The van der Waals surface area contributed by atoms with Gasteiger partial charge in [0.2, 0.25) is 0 Å². The van der Waals surface area contributed by atoms with Gasteiger partial charge in [-0.2, -0.15) is 0 Å². The molecule has 4 aromatic carbocycles. The average Bonchev–Trinajstić information content (AvgIpc) is 3.44. The van der Waals surface area contributed by atoms with Crippen LogP contribution in [0.3, 0.4) is 0 Å². The van der Waals surface area contributed by atoms with E-state index in [0.717, 1.165) is 43.0 Å². The Hall–Kier alpha value is -4.51. The molecular formula is C41H35F3N4Te. The molecule has 7 rings (SSSR count). The molecule has 3 aromatic heterocycles. The molecule has 0 spiro atoms. The zero-order chi connectivity index (χ0) is 34.7. The standard InChI is InChI=1S/C41H35F3N4Te/c1-24-11-9-12-25(2)39(24)48(30-15-10-14-28(19-30)33-21-29(17-18-45-33)40(4,5)6)34-22-35(49-26(34)3)37-32-20-27-13-7-8-16-31(27)36(41(42,43)44)38(32)47-23-46-37/h7-23H,1-6H3. The number of rotatable bonds is 5. The van der Waals surface area contributed by atoms with Crippen LogP contribution in [0.4, 0.5) is 30.2 Å². The molecule has 0 amide bonds. The predicted molar refractivity (Wildman–Crippen MR) is 195 cm³/mol. The molecule has 3 heterocycles. The number of fused-ring (bicyclic) bond motifs is 2. The Bertz CT molecular complexity index is 2350. The first-order valence-corrected chi connectivity index (χ1v) is 18.4. The molecule has 4 nitrogen and oxygen atoms in total. The van der Waals surface area contributed by atoms with E-state index in [1.165, 1.54) is 21.5 Å². The zero-order valence-electron chi connectivity index (χ0n) is 28.1. The number of nitrogens with zero attached hydrogens (tertiary/aromatic N) is 4. The molecule has 0 N–H and O–H groups in total. The fraction of sp³-hybridized carbons (Fsp3) is 0.195. The van der Waals surface area contributed by atoms with Gasteiger partial charge >= 0.3 is 295 Å². The van der Waals surface area contributed by atoms with Crippen molar-refractivity contribution in [2.45, 2.75) is 53.1 Å². The Morgan fingerprint density at radius 3 is 2.18 bits per heavy atom. The third-order valence-corrected chi connectivity index (χ3v) is 12.0. The van der Waals surface area contributed by atoms with Crippen molar-refractivity contribution in [1.82, 2.24) is 15.0 Å². The van der Waals surface area contributed by atoms with Crippen LogP contribution in [0.25, 0.3) is 42.2 Å². The van der Waals surface area contributed by atoms with Crippen LogP contribution in [-0.4, -0.2) is 35.4 Å². The number of aromatic nitrogens is 3. The molecule has 0 saturated heterocycles. The van der Waals surface area contributed by atoms with E-state index in [1.54, 1.807) is 18.2 Å². The quantitative estimate of drug-likeness (QED) is 0.129. The van der Waals surface area contributed by atoms with Crippen LogP contribution >= 0.6 is 0 Å². The topological polar surface area (TPSA) is 41.9 Å². The first-order chi connectivity index (χ1) is 23.3. The summed E-state index contributed by atoms with van der Waals surface area (Å²) in [6, 6.07) is 29.5. The Balaban J connectivity index is 1.43. The molecule has 0 saturated carbocycles.